The van der Waals surface area contributed by atoms with Gasteiger partial charge in [-0.25, -0.2) is 0 Å². The van der Waals surface area contributed by atoms with E-state index in [0.29, 0.717) is 7.69 Å². The minimum atomic E-state index is -0.158. The second-order valence-corrected chi connectivity index (χ2v) is 2.59. The minimum absolute atomic E-state index is 0.0937. The molecule has 0 fully saturated rings. The highest BCUT2D eigenvalue weighted by atomic mass is 35.5. The topological polar surface area (TPSA) is 58.9 Å². The summed E-state index contributed by atoms with van der Waals surface area (Å²) in [6.07, 6.45) is 0. The Labute approximate surface area is 81.0 Å². The highest BCUT2D eigenvalue weighted by molar-refractivity contribution is 6.32. The molecular weight excluding hydrogens is 194 g/mol. The number of methoxy groups -OCH3 is 1. The molecule has 0 aliphatic heterocycles. The number of phenolic OH excluding ortho intramolecular Hbond substituents is 1. The summed E-state index contributed by atoms with van der Waals surface area (Å²) in [7, 11) is 1.90. The van der Waals surface area contributed by atoms with Gasteiger partial charge in [0.05, 0.1) is 12.1 Å². The van der Waals surface area contributed by atoms with E-state index in [0.717, 1.165) is 0 Å². The van der Waals surface area contributed by atoms with Crippen molar-refractivity contribution in [1.29, 1.82) is 0 Å². The Bertz CT molecular complexity index is 305. The lowest BCUT2D eigenvalue weighted by Crippen LogP contribution is -2.00. The first-order chi connectivity index (χ1) is 6.19. The van der Waals surface area contributed by atoms with Gasteiger partial charge < -0.3 is 19.5 Å². The van der Waals surface area contributed by atoms with Gasteiger partial charge in [-0.15, -0.1) is 0 Å². The molecule has 69 valence electrons. The number of halogens is 1. The molecular formula is C7H7BClO4. The van der Waals surface area contributed by atoms with Crippen molar-refractivity contribution in [3.8, 4) is 17.2 Å². The first-order valence-corrected chi connectivity index (χ1v) is 3.76. The summed E-state index contributed by atoms with van der Waals surface area (Å²) in [5.41, 5.74) is 0. The number of hydrogen-bond acceptors (Lipinski definition) is 4. The van der Waals surface area contributed by atoms with Gasteiger partial charge in [0.2, 0.25) is 0 Å². The number of ether oxygens (including phenoxy) is 1. The molecule has 13 heavy (non-hydrogen) atoms. The number of aromatic hydroxyl groups is 1. The van der Waals surface area contributed by atoms with Crippen LogP contribution in [0, 0.1) is 0 Å². The standard InChI is InChI=1S/C7H7BClO4/c1-12-6-3-4(13-8-11)2-5(9)7(6)10/h2-3,10-11H,1H3. The molecule has 1 rings (SSSR count). The third kappa shape index (κ3) is 2.20. The Balaban J connectivity index is 3.06. The molecule has 0 saturated heterocycles. The van der Waals surface area contributed by atoms with Crippen LogP contribution in [0.15, 0.2) is 12.1 Å². The molecule has 0 atom stereocenters. The molecule has 0 aliphatic rings. The first-order valence-electron chi connectivity index (χ1n) is 3.38. The summed E-state index contributed by atoms with van der Waals surface area (Å²) in [6.45, 7) is 0. The van der Waals surface area contributed by atoms with E-state index in [1.165, 1.54) is 19.2 Å². The van der Waals surface area contributed by atoms with Gasteiger partial charge >= 0.3 is 7.69 Å². The molecule has 0 aromatic heterocycles. The van der Waals surface area contributed by atoms with Gasteiger partial charge in [-0.3, -0.25) is 0 Å². The van der Waals surface area contributed by atoms with Crippen molar-refractivity contribution in [2.45, 2.75) is 0 Å². The molecule has 1 radical (unpaired) electrons. The molecule has 6 heteroatoms. The molecule has 0 bridgehead atoms. The van der Waals surface area contributed by atoms with E-state index >= 15 is 0 Å². The SMILES string of the molecule is COc1cc(O[B]O)cc(Cl)c1O. The molecule has 0 unspecified atom stereocenters. The van der Waals surface area contributed by atoms with Crippen LogP contribution in [0.2, 0.25) is 5.02 Å². The Morgan fingerprint density at radius 1 is 1.46 bits per heavy atom. The lowest BCUT2D eigenvalue weighted by Gasteiger charge is -2.08. The van der Waals surface area contributed by atoms with E-state index in [-0.39, 0.29) is 22.3 Å². The van der Waals surface area contributed by atoms with E-state index < -0.39 is 0 Å². The van der Waals surface area contributed by atoms with Crippen LogP contribution in [0.1, 0.15) is 0 Å². The van der Waals surface area contributed by atoms with Crippen molar-refractivity contribution in [2.24, 2.45) is 0 Å². The molecule has 0 amide bonds. The zero-order valence-corrected chi connectivity index (χ0v) is 7.58. The van der Waals surface area contributed by atoms with Gasteiger partial charge in [0, 0.05) is 12.1 Å². The average molecular weight is 201 g/mol. The fraction of sp³-hybridized carbons (Fsp3) is 0.143. The highest BCUT2D eigenvalue weighted by Gasteiger charge is 2.09. The average Bonchev–Trinajstić information content (AvgIpc) is 2.11. The Hall–Kier alpha value is -1.07. The van der Waals surface area contributed by atoms with Gasteiger partial charge in [0.1, 0.15) is 5.75 Å². The zero-order chi connectivity index (χ0) is 9.84. The largest absolute Gasteiger partial charge is 0.569 e. The van der Waals surface area contributed by atoms with E-state index in [2.05, 4.69) is 4.65 Å². The van der Waals surface area contributed by atoms with Crippen molar-refractivity contribution in [3.63, 3.8) is 0 Å². The maximum atomic E-state index is 9.31. The fourth-order valence-electron chi connectivity index (χ4n) is 0.835. The monoisotopic (exact) mass is 201 g/mol. The zero-order valence-electron chi connectivity index (χ0n) is 6.82. The predicted octanol–water partition coefficient (Wildman–Crippen LogP) is 0.959. The summed E-state index contributed by atoms with van der Waals surface area (Å²) in [5, 5.41) is 17.7. The van der Waals surface area contributed by atoms with Crippen molar-refractivity contribution in [1.82, 2.24) is 0 Å². The summed E-state index contributed by atoms with van der Waals surface area (Å²) in [6, 6.07) is 2.75. The van der Waals surface area contributed by atoms with Crippen LogP contribution in [0.25, 0.3) is 0 Å². The quantitative estimate of drug-likeness (QED) is 0.715. The van der Waals surface area contributed by atoms with Crippen LogP contribution in [-0.2, 0) is 0 Å². The van der Waals surface area contributed by atoms with Crippen molar-refractivity contribution in [2.75, 3.05) is 7.11 Å². The Morgan fingerprint density at radius 2 is 2.15 bits per heavy atom. The Kier molecular flexibility index (Phi) is 3.28. The van der Waals surface area contributed by atoms with Crippen LogP contribution < -0.4 is 9.39 Å². The van der Waals surface area contributed by atoms with E-state index in [4.69, 9.17) is 21.4 Å². The van der Waals surface area contributed by atoms with E-state index in [1.807, 2.05) is 0 Å². The number of hydrogen-bond donors (Lipinski definition) is 2. The second kappa shape index (κ2) is 4.25. The van der Waals surface area contributed by atoms with Gasteiger partial charge in [-0.1, -0.05) is 11.6 Å². The van der Waals surface area contributed by atoms with Crippen molar-refractivity contribution in [3.05, 3.63) is 17.2 Å². The molecule has 1 aromatic rings. The predicted molar refractivity (Wildman–Crippen MR) is 48.3 cm³/mol. The molecule has 4 nitrogen and oxygen atoms in total. The number of phenols is 1. The van der Waals surface area contributed by atoms with Gasteiger partial charge in [-0.05, 0) is 0 Å². The van der Waals surface area contributed by atoms with Crippen LogP contribution in [-0.4, -0.2) is 24.9 Å². The fourth-order valence-corrected chi connectivity index (χ4v) is 1.04. The third-order valence-corrected chi connectivity index (χ3v) is 1.70. The summed E-state index contributed by atoms with van der Waals surface area (Å²) >= 11 is 5.63. The van der Waals surface area contributed by atoms with Gasteiger partial charge in [0.15, 0.2) is 11.5 Å². The molecule has 0 heterocycles. The minimum Gasteiger partial charge on any atom is -0.537 e. The summed E-state index contributed by atoms with van der Waals surface area (Å²) < 4.78 is 9.44. The maximum Gasteiger partial charge on any atom is 0.569 e. The first kappa shape index (κ1) is 10.0. The van der Waals surface area contributed by atoms with E-state index in [9.17, 15) is 5.11 Å². The molecule has 0 spiro atoms. The van der Waals surface area contributed by atoms with Crippen LogP contribution in [0.5, 0.6) is 17.2 Å². The Morgan fingerprint density at radius 3 is 2.69 bits per heavy atom. The molecule has 0 aliphatic carbocycles. The van der Waals surface area contributed by atoms with Crippen LogP contribution >= 0.6 is 11.6 Å². The molecule has 2 N–H and O–H groups in total. The lowest BCUT2D eigenvalue weighted by molar-refractivity contribution is 0.370. The van der Waals surface area contributed by atoms with Gasteiger partial charge in [0.25, 0.3) is 0 Å². The molecule has 1 aromatic carbocycles. The van der Waals surface area contributed by atoms with Crippen LogP contribution in [0.4, 0.5) is 0 Å². The molecule has 0 saturated carbocycles. The third-order valence-electron chi connectivity index (χ3n) is 1.41. The summed E-state index contributed by atoms with van der Waals surface area (Å²) in [4.78, 5) is 0. The maximum absolute atomic E-state index is 9.31. The second-order valence-electron chi connectivity index (χ2n) is 2.18. The number of rotatable bonds is 3. The smallest absolute Gasteiger partial charge is 0.537 e. The lowest BCUT2D eigenvalue weighted by atomic mass is 10.3. The van der Waals surface area contributed by atoms with E-state index in [1.54, 1.807) is 0 Å². The van der Waals surface area contributed by atoms with Crippen molar-refractivity contribution < 1.29 is 19.5 Å². The number of benzene rings is 1. The van der Waals surface area contributed by atoms with Gasteiger partial charge in [-0.2, -0.15) is 0 Å². The normalized spacial score (nSPS) is 9.46. The highest BCUT2D eigenvalue weighted by Crippen LogP contribution is 2.37. The van der Waals surface area contributed by atoms with Crippen LogP contribution in [0.3, 0.4) is 0 Å². The summed E-state index contributed by atoms with van der Waals surface area (Å²) in [5.74, 6) is 0.306. The van der Waals surface area contributed by atoms with Crippen molar-refractivity contribution >= 4 is 19.3 Å².